The summed E-state index contributed by atoms with van der Waals surface area (Å²) in [5.41, 5.74) is 6.08. The molecular weight excluding hydrogens is 214 g/mol. The van der Waals surface area contributed by atoms with Crippen LogP contribution in [0.1, 0.15) is 26.5 Å². The van der Waals surface area contributed by atoms with Crippen molar-refractivity contribution in [1.29, 1.82) is 5.26 Å². The van der Waals surface area contributed by atoms with Gasteiger partial charge in [0.15, 0.2) is 11.5 Å². The van der Waals surface area contributed by atoms with E-state index in [0.717, 1.165) is 13.1 Å². The molecule has 0 saturated heterocycles. The SMILES string of the molecule is CCN(CC(C)(C)CN)c1nccnc1C#N. The third kappa shape index (κ3) is 3.40. The Labute approximate surface area is 102 Å². The van der Waals surface area contributed by atoms with Gasteiger partial charge in [-0.2, -0.15) is 5.26 Å². The fourth-order valence-electron chi connectivity index (χ4n) is 1.56. The molecule has 0 aliphatic carbocycles. The molecule has 0 aliphatic rings. The van der Waals surface area contributed by atoms with E-state index in [4.69, 9.17) is 11.0 Å². The summed E-state index contributed by atoms with van der Waals surface area (Å²) in [5.74, 6) is 0.638. The molecule has 0 saturated carbocycles. The Morgan fingerprint density at radius 3 is 2.59 bits per heavy atom. The Morgan fingerprint density at radius 2 is 2.06 bits per heavy atom. The lowest BCUT2D eigenvalue weighted by atomic mass is 9.93. The van der Waals surface area contributed by atoms with Gasteiger partial charge in [0.25, 0.3) is 0 Å². The largest absolute Gasteiger partial charge is 0.354 e. The zero-order chi connectivity index (χ0) is 12.9. The lowest BCUT2D eigenvalue weighted by Crippen LogP contribution is -2.39. The second-order valence-corrected chi connectivity index (χ2v) is 4.72. The van der Waals surface area contributed by atoms with E-state index < -0.39 is 0 Å². The first-order chi connectivity index (χ1) is 8.04. The molecule has 0 amide bonds. The van der Waals surface area contributed by atoms with E-state index in [9.17, 15) is 0 Å². The maximum Gasteiger partial charge on any atom is 0.183 e. The quantitative estimate of drug-likeness (QED) is 0.825. The van der Waals surface area contributed by atoms with Crippen LogP contribution in [0.4, 0.5) is 5.82 Å². The van der Waals surface area contributed by atoms with Crippen molar-refractivity contribution in [2.24, 2.45) is 11.1 Å². The summed E-state index contributed by atoms with van der Waals surface area (Å²) in [6.07, 6.45) is 3.14. The molecule has 1 aromatic heterocycles. The Hall–Kier alpha value is -1.67. The smallest absolute Gasteiger partial charge is 0.183 e. The number of nitrogens with two attached hydrogens (primary N) is 1. The molecule has 2 N–H and O–H groups in total. The summed E-state index contributed by atoms with van der Waals surface area (Å²) in [5, 5.41) is 9.01. The molecule has 92 valence electrons. The first kappa shape index (κ1) is 13.4. The molecule has 0 spiro atoms. The minimum absolute atomic E-state index is 0.0136. The van der Waals surface area contributed by atoms with Gasteiger partial charge in [-0.25, -0.2) is 9.97 Å². The Bertz CT molecular complexity index is 408. The molecule has 1 heterocycles. The van der Waals surface area contributed by atoms with Crippen LogP contribution >= 0.6 is 0 Å². The van der Waals surface area contributed by atoms with Gasteiger partial charge < -0.3 is 10.6 Å². The highest BCUT2D eigenvalue weighted by molar-refractivity contribution is 5.49. The van der Waals surface area contributed by atoms with Crippen LogP contribution in [0.25, 0.3) is 0 Å². The topological polar surface area (TPSA) is 78.8 Å². The normalized spacial score (nSPS) is 11.0. The first-order valence-electron chi connectivity index (χ1n) is 5.70. The maximum absolute atomic E-state index is 9.01. The molecule has 0 atom stereocenters. The zero-order valence-electron chi connectivity index (χ0n) is 10.6. The fraction of sp³-hybridized carbons (Fsp3) is 0.583. The second kappa shape index (κ2) is 5.60. The summed E-state index contributed by atoms with van der Waals surface area (Å²) < 4.78 is 0. The van der Waals surface area contributed by atoms with E-state index in [1.807, 2.05) is 11.8 Å². The lowest BCUT2D eigenvalue weighted by molar-refractivity contribution is 0.378. The van der Waals surface area contributed by atoms with Crippen LogP contribution in [0.5, 0.6) is 0 Å². The number of hydrogen-bond acceptors (Lipinski definition) is 5. The lowest BCUT2D eigenvalue weighted by Gasteiger charge is -2.31. The van der Waals surface area contributed by atoms with Gasteiger partial charge in [-0.15, -0.1) is 0 Å². The predicted molar refractivity (Wildman–Crippen MR) is 67.5 cm³/mol. The van der Waals surface area contributed by atoms with Crippen LogP contribution in [0, 0.1) is 16.7 Å². The summed E-state index contributed by atoms with van der Waals surface area (Å²) >= 11 is 0. The van der Waals surface area contributed by atoms with Crippen LogP contribution in [-0.2, 0) is 0 Å². The molecule has 1 rings (SSSR count). The molecule has 0 radical (unpaired) electrons. The average molecular weight is 233 g/mol. The second-order valence-electron chi connectivity index (χ2n) is 4.72. The molecule has 17 heavy (non-hydrogen) atoms. The number of aromatic nitrogens is 2. The highest BCUT2D eigenvalue weighted by atomic mass is 15.2. The van der Waals surface area contributed by atoms with Crippen molar-refractivity contribution in [3.63, 3.8) is 0 Å². The van der Waals surface area contributed by atoms with Gasteiger partial charge in [0, 0.05) is 25.5 Å². The number of hydrogen-bond donors (Lipinski definition) is 1. The van der Waals surface area contributed by atoms with Gasteiger partial charge in [-0.05, 0) is 18.9 Å². The first-order valence-corrected chi connectivity index (χ1v) is 5.70. The standard InChI is InChI=1S/C12H19N5/c1-4-17(9-12(2,3)8-14)11-10(7-13)15-5-6-16-11/h5-6H,4,8-9,14H2,1-3H3. The van der Waals surface area contributed by atoms with Crippen LogP contribution in [0.15, 0.2) is 12.4 Å². The van der Waals surface area contributed by atoms with Gasteiger partial charge in [0.1, 0.15) is 6.07 Å². The predicted octanol–water partition coefficient (Wildman–Crippen LogP) is 1.16. The van der Waals surface area contributed by atoms with Gasteiger partial charge in [-0.1, -0.05) is 13.8 Å². The molecule has 5 heteroatoms. The molecule has 0 aromatic carbocycles. The molecule has 5 nitrogen and oxygen atoms in total. The van der Waals surface area contributed by atoms with Gasteiger partial charge >= 0.3 is 0 Å². The number of rotatable bonds is 5. The minimum atomic E-state index is -0.0136. The highest BCUT2D eigenvalue weighted by Gasteiger charge is 2.22. The Morgan fingerprint density at radius 1 is 1.41 bits per heavy atom. The Kier molecular flexibility index (Phi) is 4.41. The van der Waals surface area contributed by atoms with Crippen molar-refractivity contribution in [3.05, 3.63) is 18.1 Å². The van der Waals surface area contributed by atoms with Gasteiger partial charge in [0.2, 0.25) is 0 Å². The summed E-state index contributed by atoms with van der Waals surface area (Å²) in [4.78, 5) is 10.3. The van der Waals surface area contributed by atoms with Crippen molar-refractivity contribution in [2.75, 3.05) is 24.5 Å². The fourth-order valence-corrected chi connectivity index (χ4v) is 1.56. The number of anilines is 1. The van der Waals surface area contributed by atoms with E-state index in [1.165, 1.54) is 6.20 Å². The van der Waals surface area contributed by atoms with Crippen molar-refractivity contribution >= 4 is 5.82 Å². The monoisotopic (exact) mass is 233 g/mol. The number of nitriles is 1. The molecule has 1 aromatic rings. The zero-order valence-corrected chi connectivity index (χ0v) is 10.6. The van der Waals surface area contributed by atoms with Gasteiger partial charge in [0.05, 0.1) is 0 Å². The number of nitrogens with zero attached hydrogens (tertiary/aromatic N) is 4. The molecule has 0 fully saturated rings. The van der Waals surface area contributed by atoms with Crippen LogP contribution in [0.3, 0.4) is 0 Å². The summed E-state index contributed by atoms with van der Waals surface area (Å²) in [7, 11) is 0. The molecule has 0 unspecified atom stereocenters. The van der Waals surface area contributed by atoms with E-state index in [-0.39, 0.29) is 5.41 Å². The molecular formula is C12H19N5. The molecule has 0 aliphatic heterocycles. The average Bonchev–Trinajstić information content (AvgIpc) is 2.36. The van der Waals surface area contributed by atoms with Crippen LogP contribution < -0.4 is 10.6 Å². The van der Waals surface area contributed by atoms with Crippen molar-refractivity contribution in [3.8, 4) is 6.07 Å². The highest BCUT2D eigenvalue weighted by Crippen LogP contribution is 2.20. The van der Waals surface area contributed by atoms with Crippen molar-refractivity contribution in [1.82, 2.24) is 9.97 Å². The van der Waals surface area contributed by atoms with E-state index in [2.05, 4.69) is 29.9 Å². The van der Waals surface area contributed by atoms with Crippen molar-refractivity contribution < 1.29 is 0 Å². The van der Waals surface area contributed by atoms with E-state index >= 15 is 0 Å². The third-order valence-electron chi connectivity index (χ3n) is 2.64. The van der Waals surface area contributed by atoms with Crippen LogP contribution in [0.2, 0.25) is 0 Å². The van der Waals surface area contributed by atoms with Crippen LogP contribution in [-0.4, -0.2) is 29.6 Å². The van der Waals surface area contributed by atoms with E-state index in [0.29, 0.717) is 18.1 Å². The third-order valence-corrected chi connectivity index (χ3v) is 2.64. The van der Waals surface area contributed by atoms with Crippen molar-refractivity contribution in [2.45, 2.75) is 20.8 Å². The summed E-state index contributed by atoms with van der Waals surface area (Å²) in [6, 6.07) is 2.07. The maximum atomic E-state index is 9.01. The van der Waals surface area contributed by atoms with Gasteiger partial charge in [-0.3, -0.25) is 0 Å². The minimum Gasteiger partial charge on any atom is -0.354 e. The Balaban J connectivity index is 2.99. The van der Waals surface area contributed by atoms with E-state index in [1.54, 1.807) is 6.20 Å². The molecule has 0 bridgehead atoms. The summed E-state index contributed by atoms with van der Waals surface area (Å²) in [6.45, 7) is 8.34.